The zero-order chi connectivity index (χ0) is 11.7. The number of carbonyl (C=O) groups excluding carboxylic acids is 1. The van der Waals surface area contributed by atoms with E-state index in [4.69, 9.17) is 11.6 Å². The largest absolute Gasteiger partial charge is 0.287 e. The maximum atomic E-state index is 11.5. The lowest BCUT2D eigenvalue weighted by Gasteiger charge is -2.07. The molecule has 16 heavy (non-hydrogen) atoms. The van der Waals surface area contributed by atoms with Crippen molar-refractivity contribution in [2.45, 2.75) is 13.8 Å². The number of rotatable bonds is 1. The fraction of sp³-hybridized carbons (Fsp3) is 0.154. The summed E-state index contributed by atoms with van der Waals surface area (Å²) in [5.74, 6) is 0.0121. The Bertz CT molecular complexity index is 525. The maximum Gasteiger partial charge on any atom is 0.227 e. The first-order valence-electron chi connectivity index (χ1n) is 5.04. The van der Waals surface area contributed by atoms with E-state index in [1.54, 1.807) is 17.7 Å². The molecule has 0 spiro atoms. The molecule has 0 saturated carbocycles. The number of aryl methyl sites for hydroxylation is 1. The lowest BCUT2D eigenvalue weighted by molar-refractivity contribution is 0.0938. The molecule has 0 bridgehead atoms. The van der Waals surface area contributed by atoms with Gasteiger partial charge in [-0.15, -0.1) is 0 Å². The minimum absolute atomic E-state index is 0.0121. The molecule has 82 valence electrons. The first kappa shape index (κ1) is 11.0. The van der Waals surface area contributed by atoms with Crippen LogP contribution < -0.4 is 0 Å². The molecular weight excluding hydrogens is 222 g/mol. The smallest absolute Gasteiger partial charge is 0.227 e. The summed E-state index contributed by atoms with van der Waals surface area (Å²) in [6, 6.07) is 9.43. The molecule has 0 N–H and O–H groups in total. The summed E-state index contributed by atoms with van der Waals surface area (Å²) in [6.45, 7) is 3.54. The van der Waals surface area contributed by atoms with Crippen LogP contribution in [0.25, 0.3) is 11.3 Å². The molecular formula is C13H12ClNO. The Morgan fingerprint density at radius 3 is 2.38 bits per heavy atom. The Morgan fingerprint density at radius 2 is 1.81 bits per heavy atom. The SMILES string of the molecule is CC(=O)n1ccc(C)c1-c1ccc(Cl)cc1. The molecule has 0 radical (unpaired) electrons. The van der Waals surface area contributed by atoms with E-state index in [2.05, 4.69) is 0 Å². The highest BCUT2D eigenvalue weighted by atomic mass is 35.5. The van der Waals surface area contributed by atoms with Gasteiger partial charge < -0.3 is 0 Å². The minimum Gasteiger partial charge on any atom is -0.287 e. The van der Waals surface area contributed by atoms with Crippen LogP contribution in [0.4, 0.5) is 0 Å². The van der Waals surface area contributed by atoms with Crippen LogP contribution in [0.15, 0.2) is 36.5 Å². The molecule has 0 aliphatic heterocycles. The van der Waals surface area contributed by atoms with E-state index in [1.807, 2.05) is 37.3 Å². The van der Waals surface area contributed by atoms with E-state index < -0.39 is 0 Å². The predicted molar refractivity (Wildman–Crippen MR) is 65.9 cm³/mol. The second-order valence-electron chi connectivity index (χ2n) is 3.74. The fourth-order valence-corrected chi connectivity index (χ4v) is 1.89. The van der Waals surface area contributed by atoms with E-state index >= 15 is 0 Å². The van der Waals surface area contributed by atoms with Gasteiger partial charge in [-0.1, -0.05) is 23.7 Å². The van der Waals surface area contributed by atoms with E-state index in [0.717, 1.165) is 16.8 Å². The van der Waals surface area contributed by atoms with Gasteiger partial charge in [0, 0.05) is 18.1 Å². The Kier molecular flexibility index (Phi) is 2.84. The molecule has 1 aromatic carbocycles. The van der Waals surface area contributed by atoms with Crippen molar-refractivity contribution in [3.05, 3.63) is 47.1 Å². The molecule has 2 rings (SSSR count). The Labute approximate surface area is 99.5 Å². The monoisotopic (exact) mass is 233 g/mol. The lowest BCUT2D eigenvalue weighted by atomic mass is 10.1. The van der Waals surface area contributed by atoms with Crippen molar-refractivity contribution in [3.63, 3.8) is 0 Å². The van der Waals surface area contributed by atoms with Crippen LogP contribution in [0, 0.1) is 6.92 Å². The topological polar surface area (TPSA) is 22.0 Å². The van der Waals surface area contributed by atoms with Crippen LogP contribution in [0.2, 0.25) is 5.02 Å². The second-order valence-corrected chi connectivity index (χ2v) is 4.18. The second kappa shape index (κ2) is 4.14. The molecule has 2 aromatic rings. The Morgan fingerprint density at radius 1 is 1.19 bits per heavy atom. The molecule has 0 atom stereocenters. The highest BCUT2D eigenvalue weighted by Crippen LogP contribution is 2.25. The summed E-state index contributed by atoms with van der Waals surface area (Å²) in [4.78, 5) is 11.5. The maximum absolute atomic E-state index is 11.5. The normalized spacial score (nSPS) is 10.4. The molecule has 1 aromatic heterocycles. The average Bonchev–Trinajstić information content (AvgIpc) is 2.62. The van der Waals surface area contributed by atoms with Crippen molar-refractivity contribution in [3.8, 4) is 11.3 Å². The number of halogens is 1. The summed E-state index contributed by atoms with van der Waals surface area (Å²) < 4.78 is 1.65. The summed E-state index contributed by atoms with van der Waals surface area (Å²) in [7, 11) is 0. The first-order valence-corrected chi connectivity index (χ1v) is 5.42. The summed E-state index contributed by atoms with van der Waals surface area (Å²) in [5, 5.41) is 0.697. The van der Waals surface area contributed by atoms with Crippen molar-refractivity contribution in [2.75, 3.05) is 0 Å². The van der Waals surface area contributed by atoms with E-state index in [9.17, 15) is 4.79 Å². The van der Waals surface area contributed by atoms with Gasteiger partial charge in [0.2, 0.25) is 5.91 Å². The lowest BCUT2D eigenvalue weighted by Crippen LogP contribution is -2.05. The zero-order valence-corrected chi connectivity index (χ0v) is 9.95. The van der Waals surface area contributed by atoms with Crippen LogP contribution in [0.3, 0.4) is 0 Å². The molecule has 0 fully saturated rings. The Balaban J connectivity index is 2.58. The quantitative estimate of drug-likeness (QED) is 0.735. The molecule has 1 heterocycles. The van der Waals surface area contributed by atoms with Crippen LogP contribution in [0.1, 0.15) is 17.3 Å². The van der Waals surface area contributed by atoms with E-state index in [1.165, 1.54) is 0 Å². The van der Waals surface area contributed by atoms with Crippen molar-refractivity contribution in [1.29, 1.82) is 0 Å². The van der Waals surface area contributed by atoms with Gasteiger partial charge in [-0.05, 0) is 36.2 Å². The molecule has 2 nitrogen and oxygen atoms in total. The van der Waals surface area contributed by atoms with Gasteiger partial charge >= 0.3 is 0 Å². The standard InChI is InChI=1S/C13H12ClNO/c1-9-7-8-15(10(2)16)13(9)11-3-5-12(14)6-4-11/h3-8H,1-2H3. The third-order valence-electron chi connectivity index (χ3n) is 2.54. The number of hydrogen-bond donors (Lipinski definition) is 0. The van der Waals surface area contributed by atoms with Crippen LogP contribution >= 0.6 is 11.6 Å². The Hall–Kier alpha value is -1.54. The number of aromatic nitrogens is 1. The van der Waals surface area contributed by atoms with Gasteiger partial charge in [0.25, 0.3) is 0 Å². The molecule has 3 heteroatoms. The van der Waals surface area contributed by atoms with E-state index in [-0.39, 0.29) is 5.91 Å². The third kappa shape index (κ3) is 1.89. The molecule has 0 aliphatic rings. The highest BCUT2D eigenvalue weighted by Gasteiger charge is 2.10. The first-order chi connectivity index (χ1) is 7.59. The predicted octanol–water partition coefficient (Wildman–Crippen LogP) is 3.78. The summed E-state index contributed by atoms with van der Waals surface area (Å²) in [5.41, 5.74) is 3.02. The number of hydrogen-bond acceptors (Lipinski definition) is 1. The van der Waals surface area contributed by atoms with Gasteiger partial charge in [0.15, 0.2) is 0 Å². The zero-order valence-electron chi connectivity index (χ0n) is 9.20. The fourth-order valence-electron chi connectivity index (χ4n) is 1.77. The molecule has 0 aliphatic carbocycles. The van der Waals surface area contributed by atoms with Crippen molar-refractivity contribution in [2.24, 2.45) is 0 Å². The van der Waals surface area contributed by atoms with Gasteiger partial charge in [-0.25, -0.2) is 0 Å². The number of carbonyl (C=O) groups is 1. The van der Waals surface area contributed by atoms with Crippen molar-refractivity contribution in [1.82, 2.24) is 4.57 Å². The third-order valence-corrected chi connectivity index (χ3v) is 2.80. The number of benzene rings is 1. The van der Waals surface area contributed by atoms with Gasteiger partial charge in [-0.2, -0.15) is 0 Å². The van der Waals surface area contributed by atoms with Gasteiger partial charge in [0.05, 0.1) is 5.69 Å². The van der Waals surface area contributed by atoms with Crippen LogP contribution in [0.5, 0.6) is 0 Å². The molecule has 0 amide bonds. The van der Waals surface area contributed by atoms with Crippen molar-refractivity contribution >= 4 is 17.5 Å². The highest BCUT2D eigenvalue weighted by molar-refractivity contribution is 6.30. The number of nitrogens with zero attached hydrogens (tertiary/aromatic N) is 1. The van der Waals surface area contributed by atoms with Gasteiger partial charge in [-0.3, -0.25) is 9.36 Å². The van der Waals surface area contributed by atoms with E-state index in [0.29, 0.717) is 5.02 Å². The van der Waals surface area contributed by atoms with Gasteiger partial charge in [0.1, 0.15) is 0 Å². The summed E-state index contributed by atoms with van der Waals surface area (Å²) >= 11 is 5.84. The van der Waals surface area contributed by atoms with Crippen molar-refractivity contribution < 1.29 is 4.79 Å². The van der Waals surface area contributed by atoms with Crippen LogP contribution in [-0.4, -0.2) is 10.5 Å². The molecule has 0 unspecified atom stereocenters. The molecule has 0 saturated heterocycles. The summed E-state index contributed by atoms with van der Waals surface area (Å²) in [6.07, 6.45) is 1.79. The minimum atomic E-state index is 0.0121. The van der Waals surface area contributed by atoms with Crippen LogP contribution in [-0.2, 0) is 0 Å². The average molecular weight is 234 g/mol.